The molecule has 144 valence electrons. The van der Waals surface area contributed by atoms with Gasteiger partial charge in [0, 0.05) is 17.3 Å². The summed E-state index contributed by atoms with van der Waals surface area (Å²) in [6.07, 6.45) is 2.03. The number of ether oxygens (including phenoxy) is 1. The Morgan fingerprint density at radius 2 is 1.96 bits per heavy atom. The minimum atomic E-state index is -0.587. The zero-order chi connectivity index (χ0) is 20.3. The predicted molar refractivity (Wildman–Crippen MR) is 109 cm³/mol. The van der Waals surface area contributed by atoms with E-state index in [1.165, 1.54) is 12.3 Å². The van der Waals surface area contributed by atoms with Crippen molar-refractivity contribution in [1.29, 1.82) is 0 Å². The average Bonchev–Trinajstić information content (AvgIpc) is 2.68. The number of benzene rings is 1. The molecule has 3 rings (SSSR count). The largest absolute Gasteiger partial charge is 0.452 e. The van der Waals surface area contributed by atoms with E-state index in [1.54, 1.807) is 0 Å². The van der Waals surface area contributed by atoms with Crippen LogP contribution in [0.3, 0.4) is 0 Å². The van der Waals surface area contributed by atoms with Crippen molar-refractivity contribution in [2.45, 2.75) is 20.3 Å². The van der Waals surface area contributed by atoms with Gasteiger partial charge in [0.25, 0.3) is 5.91 Å². The predicted octanol–water partition coefficient (Wildman–Crippen LogP) is 4.60. The van der Waals surface area contributed by atoms with Gasteiger partial charge in [0.05, 0.1) is 21.1 Å². The molecule has 8 heteroatoms. The first-order valence-corrected chi connectivity index (χ1v) is 9.32. The molecular formula is C20H17Cl2N3O3. The van der Waals surface area contributed by atoms with E-state index in [2.05, 4.69) is 15.3 Å². The summed E-state index contributed by atoms with van der Waals surface area (Å²) in [5.74, 6) is -1.00. The van der Waals surface area contributed by atoms with Crippen LogP contribution in [0.2, 0.25) is 10.0 Å². The number of hydrogen-bond acceptors (Lipinski definition) is 5. The highest BCUT2D eigenvalue weighted by Gasteiger charge is 2.20. The molecule has 6 nitrogen and oxygen atoms in total. The van der Waals surface area contributed by atoms with Crippen molar-refractivity contribution >= 4 is 51.8 Å². The van der Waals surface area contributed by atoms with Crippen LogP contribution in [0.15, 0.2) is 36.5 Å². The summed E-state index contributed by atoms with van der Waals surface area (Å²) in [6.45, 7) is 3.32. The van der Waals surface area contributed by atoms with Crippen LogP contribution in [0, 0.1) is 6.92 Å². The van der Waals surface area contributed by atoms with E-state index < -0.39 is 18.5 Å². The quantitative estimate of drug-likeness (QED) is 0.613. The van der Waals surface area contributed by atoms with E-state index in [1.807, 2.05) is 38.1 Å². The molecule has 0 bridgehead atoms. The zero-order valence-electron chi connectivity index (χ0n) is 15.3. The lowest BCUT2D eigenvalue weighted by Gasteiger charge is -2.13. The van der Waals surface area contributed by atoms with Gasteiger partial charge in [-0.1, -0.05) is 48.3 Å². The lowest BCUT2D eigenvalue weighted by Crippen LogP contribution is -2.22. The Balaban J connectivity index is 1.78. The molecule has 0 radical (unpaired) electrons. The van der Waals surface area contributed by atoms with E-state index in [0.717, 1.165) is 11.3 Å². The number of rotatable bonds is 5. The van der Waals surface area contributed by atoms with E-state index in [9.17, 15) is 9.59 Å². The number of para-hydroxylation sites is 1. The van der Waals surface area contributed by atoms with Crippen LogP contribution in [0.5, 0.6) is 0 Å². The number of amides is 1. The molecule has 0 unspecified atom stereocenters. The van der Waals surface area contributed by atoms with Crippen molar-refractivity contribution in [1.82, 2.24) is 9.97 Å². The number of carbonyl (C=O) groups is 2. The van der Waals surface area contributed by atoms with Crippen LogP contribution in [0.4, 0.5) is 5.82 Å². The number of pyridine rings is 2. The number of halogens is 2. The lowest BCUT2D eigenvalue weighted by molar-refractivity contribution is -0.119. The third-order valence-electron chi connectivity index (χ3n) is 4.18. The molecular weight excluding hydrogens is 401 g/mol. The number of carbonyl (C=O) groups excluding carboxylic acids is 2. The second-order valence-electron chi connectivity index (χ2n) is 6.04. The highest BCUT2D eigenvalue weighted by Crippen LogP contribution is 2.25. The third kappa shape index (κ3) is 4.24. The van der Waals surface area contributed by atoms with Gasteiger partial charge >= 0.3 is 5.97 Å². The van der Waals surface area contributed by atoms with Gasteiger partial charge in [0.1, 0.15) is 0 Å². The fourth-order valence-corrected chi connectivity index (χ4v) is 3.27. The highest BCUT2D eigenvalue weighted by atomic mass is 35.5. The third-order valence-corrected chi connectivity index (χ3v) is 4.67. The second kappa shape index (κ2) is 8.54. The molecule has 2 heterocycles. The van der Waals surface area contributed by atoms with Gasteiger partial charge in [-0.05, 0) is 31.0 Å². The number of nitrogens with one attached hydrogen (secondary N) is 1. The summed E-state index contributed by atoms with van der Waals surface area (Å²) in [7, 11) is 0. The maximum Gasteiger partial charge on any atom is 0.339 e. The minimum Gasteiger partial charge on any atom is -0.452 e. The van der Waals surface area contributed by atoms with Gasteiger partial charge in [-0.3, -0.25) is 9.78 Å². The smallest absolute Gasteiger partial charge is 0.339 e. The monoisotopic (exact) mass is 417 g/mol. The van der Waals surface area contributed by atoms with Crippen LogP contribution in [0.1, 0.15) is 28.5 Å². The molecule has 0 saturated heterocycles. The topological polar surface area (TPSA) is 81.2 Å². The van der Waals surface area contributed by atoms with Crippen LogP contribution >= 0.6 is 23.2 Å². The van der Waals surface area contributed by atoms with Gasteiger partial charge in [-0.25, -0.2) is 9.78 Å². The van der Waals surface area contributed by atoms with E-state index >= 15 is 0 Å². The van der Waals surface area contributed by atoms with Crippen molar-refractivity contribution in [3.05, 3.63) is 63.4 Å². The Morgan fingerprint density at radius 3 is 2.68 bits per heavy atom. The van der Waals surface area contributed by atoms with Crippen LogP contribution < -0.4 is 5.32 Å². The summed E-state index contributed by atoms with van der Waals surface area (Å²) in [6, 6.07) is 8.78. The molecule has 28 heavy (non-hydrogen) atoms. The molecule has 3 aromatic rings. The van der Waals surface area contributed by atoms with Crippen LogP contribution in [-0.4, -0.2) is 28.5 Å². The second-order valence-corrected chi connectivity index (χ2v) is 6.88. The van der Waals surface area contributed by atoms with E-state index in [4.69, 9.17) is 27.9 Å². The molecule has 0 aliphatic heterocycles. The molecule has 0 spiro atoms. The maximum atomic E-state index is 12.7. The van der Waals surface area contributed by atoms with E-state index in [0.29, 0.717) is 27.9 Å². The first kappa shape index (κ1) is 20.0. The number of fused-ring (bicyclic) bond motifs is 1. The van der Waals surface area contributed by atoms with Gasteiger partial charge in [0.15, 0.2) is 12.4 Å². The Hall–Kier alpha value is -2.70. The van der Waals surface area contributed by atoms with Crippen molar-refractivity contribution in [2.24, 2.45) is 0 Å². The van der Waals surface area contributed by atoms with Gasteiger partial charge < -0.3 is 10.1 Å². The Bertz CT molecular complexity index is 1070. The van der Waals surface area contributed by atoms with Gasteiger partial charge in [-0.2, -0.15) is 0 Å². The molecule has 0 atom stereocenters. The van der Waals surface area contributed by atoms with Crippen LogP contribution in [-0.2, 0) is 16.0 Å². The molecule has 1 amide bonds. The Morgan fingerprint density at radius 1 is 1.21 bits per heavy atom. The fourth-order valence-electron chi connectivity index (χ4n) is 2.84. The number of hydrogen-bond donors (Lipinski definition) is 1. The van der Waals surface area contributed by atoms with Crippen molar-refractivity contribution in [3.8, 4) is 0 Å². The number of anilines is 1. The van der Waals surface area contributed by atoms with Gasteiger partial charge in [0.2, 0.25) is 0 Å². The first-order valence-electron chi connectivity index (χ1n) is 8.57. The normalized spacial score (nSPS) is 10.7. The molecule has 2 aromatic heterocycles. The summed E-state index contributed by atoms with van der Waals surface area (Å²) < 4.78 is 5.24. The summed E-state index contributed by atoms with van der Waals surface area (Å²) in [5, 5.41) is 3.71. The lowest BCUT2D eigenvalue weighted by atomic mass is 10.0. The highest BCUT2D eigenvalue weighted by molar-refractivity contribution is 6.36. The summed E-state index contributed by atoms with van der Waals surface area (Å²) in [4.78, 5) is 33.4. The summed E-state index contributed by atoms with van der Waals surface area (Å²) in [5.41, 5.74) is 2.68. The standard InChI is InChI=1S/C20H17Cl2N3O3/c1-3-15-11(2)18(13-6-4-5-7-16(13)24-15)20(27)28-10-17(26)25-19-14(22)8-12(21)9-23-19/h4-9H,3,10H2,1-2H3,(H,23,25,26). The van der Waals surface area contributed by atoms with E-state index in [-0.39, 0.29) is 10.8 Å². The minimum absolute atomic E-state index is 0.144. The van der Waals surface area contributed by atoms with Crippen molar-refractivity contribution in [2.75, 3.05) is 11.9 Å². The van der Waals surface area contributed by atoms with Crippen LogP contribution in [0.25, 0.3) is 10.9 Å². The number of esters is 1. The van der Waals surface area contributed by atoms with Gasteiger partial charge in [-0.15, -0.1) is 0 Å². The average molecular weight is 418 g/mol. The number of nitrogens with zero attached hydrogens (tertiary/aromatic N) is 2. The first-order chi connectivity index (χ1) is 13.4. The SMILES string of the molecule is CCc1nc2ccccc2c(C(=O)OCC(=O)Nc2ncc(Cl)cc2Cl)c1C. The Kier molecular flexibility index (Phi) is 6.11. The summed E-state index contributed by atoms with van der Waals surface area (Å²) >= 11 is 11.8. The molecule has 0 aliphatic rings. The maximum absolute atomic E-state index is 12.7. The Labute approximate surface area is 171 Å². The van der Waals surface area contributed by atoms with Crippen molar-refractivity contribution < 1.29 is 14.3 Å². The fraction of sp³-hybridized carbons (Fsp3) is 0.200. The number of aryl methyl sites for hydroxylation is 1. The molecule has 0 fully saturated rings. The molecule has 1 aromatic carbocycles. The molecule has 0 saturated carbocycles. The molecule has 1 N–H and O–H groups in total. The van der Waals surface area contributed by atoms with Crippen molar-refractivity contribution in [3.63, 3.8) is 0 Å². The molecule has 0 aliphatic carbocycles. The zero-order valence-corrected chi connectivity index (χ0v) is 16.8. The number of aromatic nitrogens is 2.